The van der Waals surface area contributed by atoms with Gasteiger partial charge in [0.1, 0.15) is 0 Å². The van der Waals surface area contributed by atoms with Crippen LogP contribution in [0.3, 0.4) is 0 Å². The van der Waals surface area contributed by atoms with Crippen molar-refractivity contribution < 1.29 is 9.53 Å². The Kier molecular flexibility index (Phi) is 4.18. The largest absolute Gasteiger partial charge is 0.383 e. The van der Waals surface area contributed by atoms with Crippen LogP contribution in [0.4, 0.5) is 0 Å². The van der Waals surface area contributed by atoms with Crippen LogP contribution in [0.1, 0.15) is 19.8 Å². The molecule has 0 bridgehead atoms. The summed E-state index contributed by atoms with van der Waals surface area (Å²) in [6.45, 7) is 3.23. The summed E-state index contributed by atoms with van der Waals surface area (Å²) in [7, 11) is 1.65. The first kappa shape index (κ1) is 10.5. The van der Waals surface area contributed by atoms with Crippen molar-refractivity contribution in [1.82, 2.24) is 10.6 Å². The van der Waals surface area contributed by atoms with E-state index < -0.39 is 0 Å². The van der Waals surface area contributed by atoms with E-state index in [0.29, 0.717) is 12.6 Å². The normalized spacial score (nSPS) is 18.3. The molecule has 1 amide bonds. The Balaban J connectivity index is 2.05. The lowest BCUT2D eigenvalue weighted by molar-refractivity contribution is -0.122. The van der Waals surface area contributed by atoms with Gasteiger partial charge in [-0.25, -0.2) is 0 Å². The molecule has 1 unspecified atom stereocenters. The van der Waals surface area contributed by atoms with Crippen molar-refractivity contribution in [2.75, 3.05) is 20.3 Å². The topological polar surface area (TPSA) is 50.4 Å². The third-order valence-electron chi connectivity index (χ3n) is 2.07. The molecule has 0 radical (unpaired) electrons. The summed E-state index contributed by atoms with van der Waals surface area (Å²) < 4.78 is 4.87. The van der Waals surface area contributed by atoms with Gasteiger partial charge in [-0.3, -0.25) is 4.79 Å². The Morgan fingerprint density at radius 3 is 2.85 bits per heavy atom. The number of amides is 1. The van der Waals surface area contributed by atoms with Crippen LogP contribution in [0, 0.1) is 0 Å². The van der Waals surface area contributed by atoms with Crippen LogP contribution < -0.4 is 10.6 Å². The van der Waals surface area contributed by atoms with E-state index in [1.54, 1.807) is 7.11 Å². The Bertz CT molecular complexity index is 169. The van der Waals surface area contributed by atoms with Gasteiger partial charge >= 0.3 is 0 Å². The van der Waals surface area contributed by atoms with E-state index in [2.05, 4.69) is 10.6 Å². The van der Waals surface area contributed by atoms with Gasteiger partial charge in [0.15, 0.2) is 0 Å². The molecular weight excluding hydrogens is 168 g/mol. The molecule has 1 aliphatic carbocycles. The number of carbonyl (C=O) groups is 1. The molecule has 4 heteroatoms. The van der Waals surface area contributed by atoms with Gasteiger partial charge < -0.3 is 15.4 Å². The third kappa shape index (κ3) is 4.24. The fourth-order valence-corrected chi connectivity index (χ4v) is 1.02. The van der Waals surface area contributed by atoms with Crippen molar-refractivity contribution >= 4 is 5.91 Å². The minimum Gasteiger partial charge on any atom is -0.383 e. The van der Waals surface area contributed by atoms with Crippen LogP contribution >= 0.6 is 0 Å². The van der Waals surface area contributed by atoms with E-state index in [1.165, 1.54) is 0 Å². The molecule has 0 aromatic rings. The molecule has 1 atom stereocenters. The maximum atomic E-state index is 11.4. The molecule has 1 rings (SSSR count). The van der Waals surface area contributed by atoms with Crippen LogP contribution in [0.15, 0.2) is 0 Å². The highest BCUT2D eigenvalue weighted by atomic mass is 16.5. The number of nitrogens with one attached hydrogen (secondary N) is 2. The summed E-state index contributed by atoms with van der Waals surface area (Å²) in [5.74, 6) is 0.0959. The predicted molar refractivity (Wildman–Crippen MR) is 50.5 cm³/mol. The van der Waals surface area contributed by atoms with Crippen molar-refractivity contribution in [3.8, 4) is 0 Å². The second kappa shape index (κ2) is 5.19. The zero-order valence-corrected chi connectivity index (χ0v) is 8.30. The first-order valence-corrected chi connectivity index (χ1v) is 4.76. The summed E-state index contributed by atoms with van der Waals surface area (Å²) in [6, 6.07) is 0.329. The lowest BCUT2D eigenvalue weighted by Crippen LogP contribution is -2.43. The number of ether oxygens (including phenoxy) is 1. The van der Waals surface area contributed by atoms with E-state index in [4.69, 9.17) is 4.74 Å². The lowest BCUT2D eigenvalue weighted by Gasteiger charge is -2.12. The molecule has 0 spiro atoms. The molecule has 76 valence electrons. The quantitative estimate of drug-likeness (QED) is 0.569. The SMILES string of the molecule is COCCNC(C)C(=O)NC1CC1. The summed E-state index contributed by atoms with van der Waals surface area (Å²) in [5, 5.41) is 6.02. The van der Waals surface area contributed by atoms with Crippen LogP contribution in [0.5, 0.6) is 0 Å². The fourth-order valence-electron chi connectivity index (χ4n) is 1.02. The van der Waals surface area contributed by atoms with E-state index >= 15 is 0 Å². The molecule has 4 nitrogen and oxygen atoms in total. The van der Waals surface area contributed by atoms with Crippen LogP contribution in [-0.2, 0) is 9.53 Å². The number of rotatable bonds is 6. The number of hydrogen-bond donors (Lipinski definition) is 2. The molecule has 1 saturated carbocycles. The van der Waals surface area contributed by atoms with Gasteiger partial charge in [-0.2, -0.15) is 0 Å². The van der Waals surface area contributed by atoms with Crippen molar-refractivity contribution in [3.05, 3.63) is 0 Å². The molecule has 1 fully saturated rings. The van der Waals surface area contributed by atoms with Gasteiger partial charge in [-0.15, -0.1) is 0 Å². The van der Waals surface area contributed by atoms with Gasteiger partial charge in [0.25, 0.3) is 0 Å². The second-order valence-corrected chi connectivity index (χ2v) is 3.45. The van der Waals surface area contributed by atoms with Gasteiger partial charge in [0, 0.05) is 19.7 Å². The summed E-state index contributed by atoms with van der Waals surface area (Å²) in [6.07, 6.45) is 2.27. The molecule has 0 saturated heterocycles. The van der Waals surface area contributed by atoms with E-state index in [0.717, 1.165) is 19.4 Å². The van der Waals surface area contributed by atoms with E-state index in [9.17, 15) is 4.79 Å². The average molecular weight is 186 g/mol. The summed E-state index contributed by atoms with van der Waals surface area (Å²) in [4.78, 5) is 11.4. The second-order valence-electron chi connectivity index (χ2n) is 3.45. The van der Waals surface area contributed by atoms with Crippen LogP contribution in [0.2, 0.25) is 0 Å². The highest BCUT2D eigenvalue weighted by Gasteiger charge is 2.25. The van der Waals surface area contributed by atoms with Crippen molar-refractivity contribution in [1.29, 1.82) is 0 Å². The zero-order valence-electron chi connectivity index (χ0n) is 8.30. The predicted octanol–water partition coefficient (Wildman–Crippen LogP) is -0.110. The van der Waals surface area contributed by atoms with Crippen LogP contribution in [-0.4, -0.2) is 38.3 Å². The minimum atomic E-state index is -0.115. The number of methoxy groups -OCH3 is 1. The van der Waals surface area contributed by atoms with E-state index in [1.807, 2.05) is 6.92 Å². The maximum absolute atomic E-state index is 11.4. The van der Waals surface area contributed by atoms with E-state index in [-0.39, 0.29) is 11.9 Å². The first-order valence-electron chi connectivity index (χ1n) is 4.76. The molecule has 13 heavy (non-hydrogen) atoms. The Morgan fingerprint density at radius 1 is 1.62 bits per heavy atom. The first-order chi connectivity index (χ1) is 6.24. The van der Waals surface area contributed by atoms with Crippen LogP contribution in [0.25, 0.3) is 0 Å². The number of hydrogen-bond acceptors (Lipinski definition) is 3. The zero-order chi connectivity index (χ0) is 9.68. The molecule has 0 aromatic heterocycles. The smallest absolute Gasteiger partial charge is 0.237 e. The fraction of sp³-hybridized carbons (Fsp3) is 0.889. The minimum absolute atomic E-state index is 0.0959. The molecule has 0 aliphatic heterocycles. The van der Waals surface area contributed by atoms with Gasteiger partial charge in [0.2, 0.25) is 5.91 Å². The highest BCUT2D eigenvalue weighted by molar-refractivity contribution is 5.81. The average Bonchev–Trinajstić information content (AvgIpc) is 2.88. The third-order valence-corrected chi connectivity index (χ3v) is 2.07. The molecule has 0 heterocycles. The van der Waals surface area contributed by atoms with Crippen molar-refractivity contribution in [2.24, 2.45) is 0 Å². The summed E-state index contributed by atoms with van der Waals surface area (Å²) >= 11 is 0. The highest BCUT2D eigenvalue weighted by Crippen LogP contribution is 2.18. The summed E-state index contributed by atoms with van der Waals surface area (Å²) in [5.41, 5.74) is 0. The van der Waals surface area contributed by atoms with Gasteiger partial charge in [0.05, 0.1) is 12.6 Å². The Hall–Kier alpha value is -0.610. The molecule has 2 N–H and O–H groups in total. The Labute approximate surface area is 79.0 Å². The molecular formula is C9H18N2O2. The van der Waals surface area contributed by atoms with Crippen molar-refractivity contribution in [2.45, 2.75) is 31.8 Å². The monoisotopic (exact) mass is 186 g/mol. The lowest BCUT2D eigenvalue weighted by atomic mass is 10.3. The molecule has 1 aliphatic rings. The molecule has 0 aromatic carbocycles. The van der Waals surface area contributed by atoms with Crippen molar-refractivity contribution in [3.63, 3.8) is 0 Å². The standard InChI is InChI=1S/C9H18N2O2/c1-7(10-5-6-13-2)9(12)11-8-3-4-8/h7-8,10H,3-6H2,1-2H3,(H,11,12). The van der Waals surface area contributed by atoms with Gasteiger partial charge in [-0.1, -0.05) is 0 Å². The van der Waals surface area contributed by atoms with Gasteiger partial charge in [-0.05, 0) is 19.8 Å². The number of carbonyl (C=O) groups excluding carboxylic acids is 1. The Morgan fingerprint density at radius 2 is 2.31 bits per heavy atom. The maximum Gasteiger partial charge on any atom is 0.237 e.